The Morgan fingerprint density at radius 1 is 1.18 bits per heavy atom. The number of nitrogens with one attached hydrogen (secondary N) is 1. The molecule has 1 aromatic carbocycles. The zero-order chi connectivity index (χ0) is 8.69. The van der Waals surface area contributed by atoms with Crippen LogP contribution in [0.25, 0.3) is 0 Å². The molecule has 0 spiro atoms. The highest BCUT2D eigenvalue weighted by Gasteiger charge is 1.87. The summed E-state index contributed by atoms with van der Waals surface area (Å²) in [5.74, 6) is 4.77. The molecule has 0 aliphatic heterocycles. The number of hydrogen-bond acceptors (Lipinski definition) is 2. The van der Waals surface area contributed by atoms with Gasteiger partial charge in [-0.05, 0) is 24.3 Å². The molecule has 0 saturated heterocycles. The zero-order valence-corrected chi connectivity index (χ0v) is 6.76. The maximum Gasteiger partial charge on any atom is 0.123 e. The van der Waals surface area contributed by atoms with E-state index in [0.29, 0.717) is 5.69 Å². The molecule has 62 valence electrons. The van der Waals surface area contributed by atoms with Crippen LogP contribution in [0.5, 0.6) is 0 Å². The van der Waals surface area contributed by atoms with E-state index in [1.165, 1.54) is 12.1 Å². The van der Waals surface area contributed by atoms with E-state index < -0.39 is 0 Å². The normalized spacial score (nSPS) is 8.00. The van der Waals surface area contributed by atoms with Crippen LogP contribution in [-0.4, -0.2) is 0 Å². The number of halogens is 1. The summed E-state index contributed by atoms with van der Waals surface area (Å²) in [4.78, 5) is 0. The number of nitrogens with two attached hydrogens (primary N) is 1. The molecule has 3 heteroatoms. The van der Waals surface area contributed by atoms with Crippen LogP contribution in [0, 0.1) is 5.82 Å². The molecule has 0 fully saturated rings. The van der Waals surface area contributed by atoms with Crippen molar-refractivity contribution in [3.05, 3.63) is 30.1 Å². The van der Waals surface area contributed by atoms with Gasteiger partial charge in [-0.1, -0.05) is 13.8 Å². The maximum absolute atomic E-state index is 12.2. The number of anilines is 1. The van der Waals surface area contributed by atoms with E-state index in [4.69, 9.17) is 5.84 Å². The number of hydrazine groups is 1. The van der Waals surface area contributed by atoms with Gasteiger partial charge in [0, 0.05) is 5.69 Å². The van der Waals surface area contributed by atoms with Crippen LogP contribution < -0.4 is 11.3 Å². The van der Waals surface area contributed by atoms with Crippen molar-refractivity contribution < 1.29 is 4.39 Å². The fraction of sp³-hybridized carbons (Fsp3) is 0.250. The molecular formula is C8H13FN2. The third kappa shape index (κ3) is 3.57. The summed E-state index contributed by atoms with van der Waals surface area (Å²) in [6.45, 7) is 4.00. The largest absolute Gasteiger partial charge is 0.324 e. The fourth-order valence-electron chi connectivity index (χ4n) is 0.546. The van der Waals surface area contributed by atoms with E-state index in [0.717, 1.165) is 0 Å². The third-order valence-corrected chi connectivity index (χ3v) is 1.01. The van der Waals surface area contributed by atoms with Crippen molar-refractivity contribution in [2.75, 3.05) is 5.43 Å². The van der Waals surface area contributed by atoms with Crippen LogP contribution in [0.2, 0.25) is 0 Å². The Morgan fingerprint density at radius 3 is 2.00 bits per heavy atom. The molecule has 1 rings (SSSR count). The summed E-state index contributed by atoms with van der Waals surface area (Å²) < 4.78 is 12.2. The van der Waals surface area contributed by atoms with E-state index in [9.17, 15) is 4.39 Å². The van der Waals surface area contributed by atoms with Gasteiger partial charge >= 0.3 is 0 Å². The summed E-state index contributed by atoms with van der Waals surface area (Å²) in [7, 11) is 0. The minimum Gasteiger partial charge on any atom is -0.324 e. The Labute approximate surface area is 66.2 Å². The van der Waals surface area contributed by atoms with Crippen molar-refractivity contribution >= 4 is 5.69 Å². The molecule has 0 heterocycles. The number of rotatable bonds is 1. The molecule has 3 N–H and O–H groups in total. The predicted molar refractivity (Wildman–Crippen MR) is 45.6 cm³/mol. The lowest BCUT2D eigenvalue weighted by atomic mass is 10.3. The Kier molecular flexibility index (Phi) is 5.11. The summed E-state index contributed by atoms with van der Waals surface area (Å²) >= 11 is 0. The lowest BCUT2D eigenvalue weighted by molar-refractivity contribution is 0.628. The summed E-state index contributed by atoms with van der Waals surface area (Å²) in [6.07, 6.45) is 0. The topological polar surface area (TPSA) is 38.0 Å². The molecule has 0 radical (unpaired) electrons. The van der Waals surface area contributed by atoms with Crippen LogP contribution in [0.4, 0.5) is 10.1 Å². The second kappa shape index (κ2) is 5.68. The SMILES string of the molecule is CC.NNc1ccc(F)cc1. The lowest BCUT2D eigenvalue weighted by Crippen LogP contribution is -2.05. The van der Waals surface area contributed by atoms with Gasteiger partial charge in [-0.25, -0.2) is 4.39 Å². The highest BCUT2D eigenvalue weighted by Crippen LogP contribution is 2.05. The first-order valence-electron chi connectivity index (χ1n) is 3.55. The lowest BCUT2D eigenvalue weighted by Gasteiger charge is -1.95. The van der Waals surface area contributed by atoms with Crippen LogP contribution in [-0.2, 0) is 0 Å². The van der Waals surface area contributed by atoms with Crippen LogP contribution in [0.1, 0.15) is 13.8 Å². The van der Waals surface area contributed by atoms with Crippen molar-refractivity contribution in [3.8, 4) is 0 Å². The van der Waals surface area contributed by atoms with E-state index in [1.807, 2.05) is 13.8 Å². The fourth-order valence-corrected chi connectivity index (χ4v) is 0.546. The van der Waals surface area contributed by atoms with Gasteiger partial charge in [0.1, 0.15) is 5.82 Å². The molecule has 0 unspecified atom stereocenters. The Hall–Kier alpha value is -1.09. The van der Waals surface area contributed by atoms with Crippen LogP contribution >= 0.6 is 0 Å². The molecule has 0 bridgehead atoms. The van der Waals surface area contributed by atoms with Gasteiger partial charge in [0.05, 0.1) is 0 Å². The average Bonchev–Trinajstić information content (AvgIpc) is 2.10. The first kappa shape index (κ1) is 9.91. The second-order valence-corrected chi connectivity index (χ2v) is 1.65. The van der Waals surface area contributed by atoms with Crippen molar-refractivity contribution in [3.63, 3.8) is 0 Å². The average molecular weight is 156 g/mol. The monoisotopic (exact) mass is 156 g/mol. The van der Waals surface area contributed by atoms with Gasteiger partial charge in [0.25, 0.3) is 0 Å². The number of benzene rings is 1. The predicted octanol–water partition coefficient (Wildman–Crippen LogP) is 2.14. The number of nitrogen functional groups attached to an aromatic ring is 1. The van der Waals surface area contributed by atoms with E-state index >= 15 is 0 Å². The van der Waals surface area contributed by atoms with Gasteiger partial charge in [-0.3, -0.25) is 5.84 Å². The zero-order valence-electron chi connectivity index (χ0n) is 6.76. The molecule has 0 amide bonds. The van der Waals surface area contributed by atoms with Gasteiger partial charge in [0.2, 0.25) is 0 Å². The molecule has 0 saturated carbocycles. The molecule has 0 aliphatic rings. The molecule has 0 atom stereocenters. The van der Waals surface area contributed by atoms with Crippen molar-refractivity contribution in [1.29, 1.82) is 0 Å². The smallest absolute Gasteiger partial charge is 0.123 e. The number of hydrogen-bond donors (Lipinski definition) is 2. The molecule has 1 aromatic rings. The molecular weight excluding hydrogens is 143 g/mol. The van der Waals surface area contributed by atoms with Gasteiger partial charge in [0.15, 0.2) is 0 Å². The van der Waals surface area contributed by atoms with E-state index in [2.05, 4.69) is 5.43 Å². The van der Waals surface area contributed by atoms with Crippen LogP contribution in [0.15, 0.2) is 24.3 Å². The summed E-state index contributed by atoms with van der Waals surface area (Å²) in [6, 6.07) is 5.81. The highest BCUT2D eigenvalue weighted by atomic mass is 19.1. The van der Waals surface area contributed by atoms with Crippen molar-refractivity contribution in [1.82, 2.24) is 0 Å². The summed E-state index contributed by atoms with van der Waals surface area (Å²) in [5.41, 5.74) is 3.09. The first-order valence-corrected chi connectivity index (χ1v) is 3.55. The van der Waals surface area contributed by atoms with Gasteiger partial charge in [-0.2, -0.15) is 0 Å². The van der Waals surface area contributed by atoms with E-state index in [-0.39, 0.29) is 5.82 Å². The van der Waals surface area contributed by atoms with Crippen LogP contribution in [0.3, 0.4) is 0 Å². The molecule has 11 heavy (non-hydrogen) atoms. The van der Waals surface area contributed by atoms with Crippen molar-refractivity contribution in [2.24, 2.45) is 5.84 Å². The van der Waals surface area contributed by atoms with Gasteiger partial charge in [-0.15, -0.1) is 0 Å². The minimum absolute atomic E-state index is 0.256. The molecule has 2 nitrogen and oxygen atoms in total. The Morgan fingerprint density at radius 2 is 1.64 bits per heavy atom. The summed E-state index contributed by atoms with van der Waals surface area (Å²) in [5, 5.41) is 0. The van der Waals surface area contributed by atoms with Crippen molar-refractivity contribution in [2.45, 2.75) is 13.8 Å². The van der Waals surface area contributed by atoms with E-state index in [1.54, 1.807) is 12.1 Å². The third-order valence-electron chi connectivity index (χ3n) is 1.01. The van der Waals surface area contributed by atoms with Gasteiger partial charge < -0.3 is 5.43 Å². The standard InChI is InChI=1S/C6H7FN2.C2H6/c7-5-1-3-6(9-8)4-2-5;1-2/h1-4,9H,8H2;1-2H3. The maximum atomic E-state index is 12.2. The first-order chi connectivity index (χ1) is 5.33. The molecule has 0 aromatic heterocycles. The quantitative estimate of drug-likeness (QED) is 0.483. The highest BCUT2D eigenvalue weighted by molar-refractivity contribution is 5.41. The molecule has 0 aliphatic carbocycles. The second-order valence-electron chi connectivity index (χ2n) is 1.65. The Bertz CT molecular complexity index is 184. The Balaban J connectivity index is 0.000000461. The minimum atomic E-state index is -0.256.